The Labute approximate surface area is 193 Å². The van der Waals surface area contributed by atoms with Crippen LogP contribution in [0.1, 0.15) is 52.1 Å². The molecule has 2 amide bonds. The van der Waals surface area contributed by atoms with Crippen molar-refractivity contribution in [2.24, 2.45) is 5.92 Å². The molecular formula is C24H31N5O4. The van der Waals surface area contributed by atoms with Crippen molar-refractivity contribution < 1.29 is 19.1 Å². The number of ether oxygens (including phenoxy) is 2. The Morgan fingerprint density at radius 1 is 1.21 bits per heavy atom. The monoisotopic (exact) mass is 453 g/mol. The third-order valence-corrected chi connectivity index (χ3v) is 7.11. The first-order valence-electron chi connectivity index (χ1n) is 11.7. The molecule has 5 rings (SSSR count). The van der Waals surface area contributed by atoms with Crippen molar-refractivity contribution >= 4 is 11.8 Å². The molecule has 0 saturated carbocycles. The normalized spacial score (nSPS) is 23.0. The lowest BCUT2D eigenvalue weighted by Crippen LogP contribution is -2.45. The Balaban J connectivity index is 1.21. The van der Waals surface area contributed by atoms with E-state index < -0.39 is 5.60 Å². The zero-order valence-corrected chi connectivity index (χ0v) is 19.3. The first-order valence-corrected chi connectivity index (χ1v) is 11.7. The fourth-order valence-electron chi connectivity index (χ4n) is 5.09. The van der Waals surface area contributed by atoms with Gasteiger partial charge in [-0.15, -0.1) is 5.10 Å². The van der Waals surface area contributed by atoms with Crippen molar-refractivity contribution in [3.05, 3.63) is 46.3 Å². The molecule has 2 aromatic rings. The van der Waals surface area contributed by atoms with Crippen LogP contribution in [0.25, 0.3) is 0 Å². The van der Waals surface area contributed by atoms with Gasteiger partial charge in [-0.1, -0.05) is 22.9 Å². The van der Waals surface area contributed by atoms with Gasteiger partial charge in [0.15, 0.2) is 0 Å². The molecule has 33 heavy (non-hydrogen) atoms. The smallest absolute Gasteiger partial charge is 0.254 e. The van der Waals surface area contributed by atoms with Crippen molar-refractivity contribution in [1.82, 2.24) is 25.2 Å². The van der Waals surface area contributed by atoms with Gasteiger partial charge in [0, 0.05) is 31.2 Å². The van der Waals surface area contributed by atoms with Gasteiger partial charge in [-0.25, -0.2) is 4.68 Å². The molecule has 9 heteroatoms. The first kappa shape index (κ1) is 22.0. The number of aryl methyl sites for hydroxylation is 2. The number of hydrogen-bond acceptors (Lipinski definition) is 6. The molecule has 0 radical (unpaired) electrons. The van der Waals surface area contributed by atoms with Crippen molar-refractivity contribution in [2.75, 3.05) is 26.3 Å². The van der Waals surface area contributed by atoms with Crippen LogP contribution >= 0.6 is 0 Å². The minimum absolute atomic E-state index is 0.00356. The highest BCUT2D eigenvalue weighted by atomic mass is 16.5. The molecule has 1 spiro atoms. The fourth-order valence-corrected chi connectivity index (χ4v) is 5.09. The van der Waals surface area contributed by atoms with Crippen LogP contribution in [0, 0.1) is 19.8 Å². The summed E-state index contributed by atoms with van der Waals surface area (Å²) in [6.45, 7) is 7.76. The van der Waals surface area contributed by atoms with Gasteiger partial charge in [0.1, 0.15) is 11.3 Å². The average molecular weight is 454 g/mol. The summed E-state index contributed by atoms with van der Waals surface area (Å²) in [6, 6.07) is 5.93. The summed E-state index contributed by atoms with van der Waals surface area (Å²) in [7, 11) is 0. The Kier molecular flexibility index (Phi) is 5.92. The Morgan fingerprint density at radius 2 is 2.03 bits per heavy atom. The van der Waals surface area contributed by atoms with E-state index in [4.69, 9.17) is 9.47 Å². The van der Waals surface area contributed by atoms with Gasteiger partial charge in [0.05, 0.1) is 31.9 Å². The first-order chi connectivity index (χ1) is 15.9. The minimum Gasteiger partial charge on any atom is -0.381 e. The van der Waals surface area contributed by atoms with Crippen molar-refractivity contribution in [1.29, 1.82) is 0 Å². The van der Waals surface area contributed by atoms with Crippen LogP contribution in [-0.2, 0) is 34.0 Å². The summed E-state index contributed by atoms with van der Waals surface area (Å²) in [5.41, 5.74) is 4.08. The zero-order chi connectivity index (χ0) is 23.0. The molecule has 2 fully saturated rings. The lowest BCUT2D eigenvalue weighted by Gasteiger charge is -2.34. The maximum atomic E-state index is 13.1. The van der Waals surface area contributed by atoms with Crippen LogP contribution in [0.5, 0.6) is 0 Å². The molecule has 1 N–H and O–H groups in total. The number of benzene rings is 1. The van der Waals surface area contributed by atoms with Crippen LogP contribution in [-0.4, -0.2) is 63.6 Å². The second-order valence-electron chi connectivity index (χ2n) is 9.51. The van der Waals surface area contributed by atoms with Crippen LogP contribution < -0.4 is 5.32 Å². The van der Waals surface area contributed by atoms with Crippen molar-refractivity contribution in [2.45, 2.75) is 58.4 Å². The maximum Gasteiger partial charge on any atom is 0.254 e. The van der Waals surface area contributed by atoms with Gasteiger partial charge < -0.3 is 19.7 Å². The quantitative estimate of drug-likeness (QED) is 0.757. The maximum absolute atomic E-state index is 13.1. The largest absolute Gasteiger partial charge is 0.381 e. The predicted molar refractivity (Wildman–Crippen MR) is 119 cm³/mol. The van der Waals surface area contributed by atoms with Gasteiger partial charge in [-0.05, 0) is 44.7 Å². The molecule has 1 unspecified atom stereocenters. The van der Waals surface area contributed by atoms with E-state index in [2.05, 4.69) is 15.6 Å². The predicted octanol–water partition coefficient (Wildman–Crippen LogP) is 1.75. The highest BCUT2D eigenvalue weighted by Gasteiger charge is 2.45. The molecule has 176 valence electrons. The van der Waals surface area contributed by atoms with Crippen LogP contribution in [0.4, 0.5) is 0 Å². The molecule has 3 aliphatic rings. The second-order valence-corrected chi connectivity index (χ2v) is 9.51. The lowest BCUT2D eigenvalue weighted by atomic mass is 9.99. The SMILES string of the molecule is Cc1ccc(C(=O)N2CCC3(C2)Cn2nnc(CNC(=O)C4CCOCC4)c2CO3)c(C)c1. The van der Waals surface area contributed by atoms with Gasteiger partial charge in [0.25, 0.3) is 5.91 Å². The van der Waals surface area contributed by atoms with Crippen molar-refractivity contribution in [3.63, 3.8) is 0 Å². The molecule has 1 atom stereocenters. The number of rotatable bonds is 4. The summed E-state index contributed by atoms with van der Waals surface area (Å²) < 4.78 is 13.5. The molecule has 1 aromatic carbocycles. The van der Waals surface area contributed by atoms with E-state index in [0.717, 1.165) is 47.3 Å². The van der Waals surface area contributed by atoms with E-state index in [9.17, 15) is 9.59 Å². The number of aromatic nitrogens is 3. The van der Waals surface area contributed by atoms with E-state index in [1.165, 1.54) is 0 Å². The lowest BCUT2D eigenvalue weighted by molar-refractivity contribution is -0.128. The summed E-state index contributed by atoms with van der Waals surface area (Å²) >= 11 is 0. The number of hydrogen-bond donors (Lipinski definition) is 1. The zero-order valence-electron chi connectivity index (χ0n) is 19.3. The van der Waals surface area contributed by atoms with E-state index in [0.29, 0.717) is 46.0 Å². The summed E-state index contributed by atoms with van der Waals surface area (Å²) in [5.74, 6) is 0.0994. The standard InChI is InChI=1S/C24H31N5O4/c1-16-3-4-19(17(2)11-16)23(31)28-8-7-24(14-28)15-29-21(13-33-24)20(26-27-29)12-25-22(30)18-5-9-32-10-6-18/h3-4,11,18H,5-10,12-15H2,1-2H3,(H,25,30). The molecule has 0 bridgehead atoms. The minimum atomic E-state index is -0.447. The van der Waals surface area contributed by atoms with Crippen LogP contribution in [0.2, 0.25) is 0 Å². The molecular weight excluding hydrogens is 422 g/mol. The van der Waals surface area contributed by atoms with Crippen LogP contribution in [0.15, 0.2) is 18.2 Å². The third-order valence-electron chi connectivity index (χ3n) is 7.11. The summed E-state index contributed by atoms with van der Waals surface area (Å²) in [5, 5.41) is 11.6. The van der Waals surface area contributed by atoms with E-state index >= 15 is 0 Å². The molecule has 4 heterocycles. The number of nitrogens with one attached hydrogen (secondary N) is 1. The fraction of sp³-hybridized carbons (Fsp3) is 0.583. The second kappa shape index (κ2) is 8.87. The number of nitrogens with zero attached hydrogens (tertiary/aromatic N) is 4. The number of fused-ring (bicyclic) bond motifs is 1. The molecule has 0 aliphatic carbocycles. The summed E-state index contributed by atoms with van der Waals surface area (Å²) in [4.78, 5) is 27.4. The van der Waals surface area contributed by atoms with E-state index in [-0.39, 0.29) is 17.7 Å². The highest BCUT2D eigenvalue weighted by Crippen LogP contribution is 2.33. The van der Waals surface area contributed by atoms with E-state index in [1.807, 2.05) is 41.6 Å². The number of carbonyl (C=O) groups excluding carboxylic acids is 2. The average Bonchev–Trinajstić information content (AvgIpc) is 3.41. The Bertz CT molecular complexity index is 1060. The third kappa shape index (κ3) is 4.39. The molecule has 2 saturated heterocycles. The summed E-state index contributed by atoms with van der Waals surface area (Å²) in [6.07, 6.45) is 2.28. The molecule has 1 aromatic heterocycles. The van der Waals surface area contributed by atoms with Crippen molar-refractivity contribution in [3.8, 4) is 0 Å². The van der Waals surface area contributed by atoms with E-state index in [1.54, 1.807) is 0 Å². The van der Waals surface area contributed by atoms with Gasteiger partial charge >= 0.3 is 0 Å². The Morgan fingerprint density at radius 3 is 2.82 bits per heavy atom. The Hall–Kier alpha value is -2.78. The number of likely N-dealkylation sites (tertiary alicyclic amines) is 1. The van der Waals surface area contributed by atoms with Gasteiger partial charge in [-0.3, -0.25) is 9.59 Å². The number of amides is 2. The van der Waals surface area contributed by atoms with Crippen LogP contribution in [0.3, 0.4) is 0 Å². The van der Waals surface area contributed by atoms with Gasteiger partial charge in [-0.2, -0.15) is 0 Å². The molecule has 9 nitrogen and oxygen atoms in total. The van der Waals surface area contributed by atoms with Gasteiger partial charge in [0.2, 0.25) is 5.91 Å². The number of carbonyl (C=O) groups is 2. The molecule has 3 aliphatic heterocycles. The highest BCUT2D eigenvalue weighted by molar-refractivity contribution is 5.96. The topological polar surface area (TPSA) is 98.6 Å².